The van der Waals surface area contributed by atoms with Gasteiger partial charge in [0, 0.05) is 6.42 Å². The zero-order chi connectivity index (χ0) is 20.4. The molecule has 0 heterocycles. The molecule has 0 saturated heterocycles. The molecule has 0 bridgehead atoms. The number of carbonyl (C=O) groups excluding carboxylic acids is 2. The first-order chi connectivity index (χ1) is 11.8. The predicted octanol–water partition coefficient (Wildman–Crippen LogP) is -1.29. The summed E-state index contributed by atoms with van der Waals surface area (Å²) in [4.78, 5) is 20.4. The fourth-order valence-corrected chi connectivity index (χ4v) is 2.06. The van der Waals surface area contributed by atoms with E-state index in [-0.39, 0.29) is 12.4 Å². The molecule has 0 unspecified atom stereocenters. The molecular formula is C14H19F3N2O6S. The van der Waals surface area contributed by atoms with Crippen molar-refractivity contribution in [3.05, 3.63) is 35.9 Å². The number of hydrogen-bond donors (Lipinski definition) is 2. The minimum atomic E-state index is -5.19. The van der Waals surface area contributed by atoms with Gasteiger partial charge in [0.25, 0.3) is 0 Å². The third kappa shape index (κ3) is 12.2. The van der Waals surface area contributed by atoms with Gasteiger partial charge >= 0.3 is 12.1 Å². The number of alkyl halides is 3. The number of sulfonamides is 1. The van der Waals surface area contributed by atoms with Crippen molar-refractivity contribution in [2.45, 2.75) is 31.7 Å². The van der Waals surface area contributed by atoms with Gasteiger partial charge < -0.3 is 20.4 Å². The summed E-state index contributed by atoms with van der Waals surface area (Å²) in [5.74, 6) is -3.59. The van der Waals surface area contributed by atoms with Crippen LogP contribution in [0.25, 0.3) is 0 Å². The normalized spacial score (nSPS) is 12.5. The smallest absolute Gasteiger partial charge is 0.430 e. The van der Waals surface area contributed by atoms with E-state index >= 15 is 0 Å². The number of quaternary nitrogens is 1. The molecule has 0 amide bonds. The van der Waals surface area contributed by atoms with Crippen molar-refractivity contribution in [1.29, 1.82) is 0 Å². The Bertz CT molecular complexity index is 680. The number of benzene rings is 1. The summed E-state index contributed by atoms with van der Waals surface area (Å²) in [6, 6.07) is 8.72. The summed E-state index contributed by atoms with van der Waals surface area (Å²) >= 11 is 0. The second-order valence-corrected chi connectivity index (χ2v) is 6.82. The topological polar surface area (TPSA) is 154 Å². The van der Waals surface area contributed by atoms with Crippen LogP contribution in [0.1, 0.15) is 18.4 Å². The van der Waals surface area contributed by atoms with E-state index in [0.29, 0.717) is 12.8 Å². The summed E-state index contributed by atoms with van der Waals surface area (Å²) in [7, 11) is -3.48. The lowest BCUT2D eigenvalue weighted by atomic mass is 10.2. The maximum atomic E-state index is 11.6. The van der Waals surface area contributed by atoms with Crippen molar-refractivity contribution in [3.63, 3.8) is 0 Å². The minimum absolute atomic E-state index is 0.148. The zero-order valence-electron chi connectivity index (χ0n) is 13.6. The van der Waals surface area contributed by atoms with Gasteiger partial charge in [0.1, 0.15) is 12.6 Å². The molecule has 1 rings (SSSR count). The van der Waals surface area contributed by atoms with Gasteiger partial charge in [-0.15, -0.1) is 0 Å². The van der Waals surface area contributed by atoms with E-state index in [9.17, 15) is 26.4 Å². The maximum absolute atomic E-state index is 11.6. The van der Waals surface area contributed by atoms with E-state index in [2.05, 4.69) is 5.73 Å². The summed E-state index contributed by atoms with van der Waals surface area (Å²) in [5.41, 5.74) is 4.56. The Balaban J connectivity index is 0.000000758. The molecule has 148 valence electrons. The van der Waals surface area contributed by atoms with E-state index in [1.54, 1.807) is 0 Å². The fraction of sp³-hybridized carbons (Fsp3) is 0.429. The van der Waals surface area contributed by atoms with Crippen molar-refractivity contribution in [2.75, 3.05) is 5.75 Å². The zero-order valence-corrected chi connectivity index (χ0v) is 14.4. The summed E-state index contributed by atoms with van der Waals surface area (Å²) < 4.78 is 58.1. The van der Waals surface area contributed by atoms with Crippen LogP contribution in [-0.4, -0.2) is 38.3 Å². The molecule has 1 aromatic rings. The highest BCUT2D eigenvalue weighted by molar-refractivity contribution is 7.89. The highest BCUT2D eigenvalue weighted by Crippen LogP contribution is 2.11. The maximum Gasteiger partial charge on any atom is 0.430 e. The van der Waals surface area contributed by atoms with Gasteiger partial charge in [0.05, 0.1) is 5.75 Å². The van der Waals surface area contributed by atoms with E-state index in [0.717, 1.165) is 5.56 Å². The van der Waals surface area contributed by atoms with Crippen LogP contribution in [0.4, 0.5) is 13.2 Å². The molecule has 5 N–H and O–H groups in total. The first kappa shape index (κ1) is 23.8. The first-order valence-electron chi connectivity index (χ1n) is 7.15. The lowest BCUT2D eigenvalue weighted by molar-refractivity contribution is -0.409. The number of carbonyl (C=O) groups is 2. The largest absolute Gasteiger partial charge is 0.542 e. The minimum Gasteiger partial charge on any atom is -0.542 e. The molecule has 1 aromatic carbocycles. The number of primary sulfonamides is 1. The van der Waals surface area contributed by atoms with Crippen LogP contribution < -0.4 is 16.0 Å². The van der Waals surface area contributed by atoms with Gasteiger partial charge in [0.2, 0.25) is 10.0 Å². The fourth-order valence-electron chi connectivity index (χ4n) is 1.50. The Hall–Kier alpha value is -2.18. The predicted molar refractivity (Wildman–Crippen MR) is 81.2 cm³/mol. The Morgan fingerprint density at radius 3 is 2.15 bits per heavy atom. The van der Waals surface area contributed by atoms with Crippen molar-refractivity contribution in [1.82, 2.24) is 0 Å². The van der Waals surface area contributed by atoms with Crippen molar-refractivity contribution in [3.8, 4) is 0 Å². The quantitative estimate of drug-likeness (QED) is 0.543. The monoisotopic (exact) mass is 400 g/mol. The molecule has 0 aliphatic carbocycles. The lowest BCUT2D eigenvalue weighted by Gasteiger charge is -2.08. The van der Waals surface area contributed by atoms with Crippen LogP contribution in [0.3, 0.4) is 0 Å². The van der Waals surface area contributed by atoms with E-state index in [1.807, 2.05) is 30.3 Å². The molecule has 0 aromatic heterocycles. The number of rotatable bonds is 7. The number of hydrogen-bond acceptors (Lipinski definition) is 6. The number of aliphatic carboxylic acids is 1. The molecule has 0 saturated carbocycles. The second-order valence-electron chi connectivity index (χ2n) is 5.08. The Labute approximate surface area is 148 Å². The van der Waals surface area contributed by atoms with E-state index < -0.39 is 34.2 Å². The third-order valence-corrected chi connectivity index (χ3v) is 3.63. The summed E-state index contributed by atoms with van der Waals surface area (Å²) in [5, 5.41) is 13.7. The summed E-state index contributed by atoms with van der Waals surface area (Å²) in [6.45, 7) is 0.195. The Kier molecular flexibility index (Phi) is 9.83. The van der Waals surface area contributed by atoms with Crippen molar-refractivity contribution < 1.29 is 46.8 Å². The average Bonchev–Trinajstić information content (AvgIpc) is 2.52. The van der Waals surface area contributed by atoms with Crippen LogP contribution in [0.2, 0.25) is 0 Å². The number of carboxylic acids is 1. The lowest BCUT2D eigenvalue weighted by Crippen LogP contribution is -2.65. The standard InChI is InChI=1S/C12H18N2O4S.C2HF3O2/c13-11(7-4-8-19(14,16)17)12(15)18-9-10-5-2-1-3-6-10;3-2(4,5)1(6)7/h1-3,5-6,11H,4,7-9,13H2,(H2,14,16,17);(H,6,7)/t11-;/m0./s1. The Morgan fingerprint density at radius 1 is 1.23 bits per heavy atom. The average molecular weight is 400 g/mol. The van der Waals surface area contributed by atoms with E-state index in [4.69, 9.17) is 19.8 Å². The molecule has 0 aliphatic rings. The molecule has 26 heavy (non-hydrogen) atoms. The van der Waals surface area contributed by atoms with Crippen LogP contribution in [-0.2, 0) is 31.0 Å². The highest BCUT2D eigenvalue weighted by Gasteiger charge is 2.28. The van der Waals surface area contributed by atoms with Crippen molar-refractivity contribution in [2.24, 2.45) is 5.14 Å². The van der Waals surface area contributed by atoms with Gasteiger partial charge in [-0.3, -0.25) is 0 Å². The van der Waals surface area contributed by atoms with E-state index in [1.165, 1.54) is 0 Å². The van der Waals surface area contributed by atoms with Crippen LogP contribution in [0.15, 0.2) is 30.3 Å². The Morgan fingerprint density at radius 2 is 1.73 bits per heavy atom. The van der Waals surface area contributed by atoms with Crippen LogP contribution in [0.5, 0.6) is 0 Å². The highest BCUT2D eigenvalue weighted by atomic mass is 32.2. The van der Waals surface area contributed by atoms with Crippen LogP contribution >= 0.6 is 0 Å². The number of esters is 1. The van der Waals surface area contributed by atoms with Gasteiger partial charge in [-0.25, -0.2) is 18.4 Å². The molecule has 0 spiro atoms. The summed E-state index contributed by atoms with van der Waals surface area (Å²) in [6.07, 6.45) is -4.56. The van der Waals surface area contributed by atoms with Crippen molar-refractivity contribution >= 4 is 22.0 Å². The molecule has 12 heteroatoms. The first-order valence-corrected chi connectivity index (χ1v) is 8.86. The van der Waals surface area contributed by atoms with Gasteiger partial charge in [-0.05, 0) is 12.0 Å². The molecule has 0 fully saturated rings. The molecule has 8 nitrogen and oxygen atoms in total. The second kappa shape index (κ2) is 10.7. The number of nitrogens with two attached hydrogens (primary N) is 1. The van der Waals surface area contributed by atoms with Gasteiger partial charge in [-0.1, -0.05) is 30.3 Å². The number of halogens is 3. The molecule has 0 aliphatic heterocycles. The third-order valence-electron chi connectivity index (χ3n) is 2.77. The van der Waals surface area contributed by atoms with Crippen LogP contribution in [0, 0.1) is 0 Å². The molecule has 0 radical (unpaired) electrons. The van der Waals surface area contributed by atoms with Gasteiger partial charge in [-0.2, -0.15) is 13.2 Å². The number of carboxylic acid groups (broad SMARTS) is 1. The number of ether oxygens (including phenoxy) is 1. The SMILES string of the molecule is NS(=O)(=O)CCC[C@H]([NH3+])C(=O)OCc1ccccc1.O=C([O-])C(F)(F)F. The molecular weight excluding hydrogens is 381 g/mol. The van der Waals surface area contributed by atoms with Gasteiger partial charge in [0.15, 0.2) is 6.04 Å². The molecule has 1 atom stereocenters.